The first-order valence-electron chi connectivity index (χ1n) is 5.29. The van der Waals surface area contributed by atoms with Gasteiger partial charge in [0, 0.05) is 12.7 Å². The predicted molar refractivity (Wildman–Crippen MR) is 54.6 cm³/mol. The molecular formula is C10H14N4. The maximum atomic E-state index is 4.56. The van der Waals surface area contributed by atoms with Gasteiger partial charge in [0.05, 0.1) is 12.2 Å². The number of hydrogen-bond donors (Lipinski definition) is 1. The van der Waals surface area contributed by atoms with E-state index in [0.29, 0.717) is 0 Å². The van der Waals surface area contributed by atoms with Crippen molar-refractivity contribution in [1.29, 1.82) is 0 Å². The van der Waals surface area contributed by atoms with E-state index < -0.39 is 0 Å². The van der Waals surface area contributed by atoms with Gasteiger partial charge in [-0.15, -0.1) is 0 Å². The lowest BCUT2D eigenvalue weighted by Crippen LogP contribution is -2.26. The fourth-order valence-corrected chi connectivity index (χ4v) is 2.12. The van der Waals surface area contributed by atoms with E-state index in [1.54, 1.807) is 0 Å². The van der Waals surface area contributed by atoms with Gasteiger partial charge in [0.1, 0.15) is 0 Å². The van der Waals surface area contributed by atoms with E-state index >= 15 is 0 Å². The van der Waals surface area contributed by atoms with Crippen LogP contribution in [0.5, 0.6) is 0 Å². The van der Waals surface area contributed by atoms with E-state index in [2.05, 4.69) is 21.6 Å². The largest absolute Gasteiger partial charge is 0.353 e. The Hall–Kier alpha value is -1.32. The van der Waals surface area contributed by atoms with Crippen molar-refractivity contribution in [3.8, 4) is 0 Å². The van der Waals surface area contributed by atoms with Crippen LogP contribution >= 0.6 is 0 Å². The Morgan fingerprint density at radius 2 is 2.21 bits per heavy atom. The number of fused-ring (bicyclic) bond motifs is 1. The molecule has 0 bridgehead atoms. The number of aliphatic imine (C=N–C) groups is 1. The zero-order valence-corrected chi connectivity index (χ0v) is 8.16. The summed E-state index contributed by atoms with van der Waals surface area (Å²) in [7, 11) is 0. The van der Waals surface area contributed by atoms with Crippen LogP contribution in [-0.2, 0) is 12.8 Å². The van der Waals surface area contributed by atoms with Gasteiger partial charge in [-0.3, -0.25) is 0 Å². The van der Waals surface area contributed by atoms with E-state index in [9.17, 15) is 0 Å². The van der Waals surface area contributed by atoms with E-state index in [0.717, 1.165) is 25.5 Å². The number of nitrogens with zero attached hydrogens (tertiary/aromatic N) is 3. The van der Waals surface area contributed by atoms with E-state index in [1.807, 2.05) is 4.68 Å². The summed E-state index contributed by atoms with van der Waals surface area (Å²) >= 11 is 0. The standard InChI is InChI=1S/C10H14N4/c1-2-4-9-8(3-1)7-14(13-9)10-11-5-6-12-10/h7H,1-6H2,(H,11,12). The van der Waals surface area contributed by atoms with E-state index in [4.69, 9.17) is 0 Å². The van der Waals surface area contributed by atoms with Crippen LogP contribution in [0, 0.1) is 0 Å². The van der Waals surface area contributed by atoms with Crippen molar-refractivity contribution in [3.63, 3.8) is 0 Å². The minimum Gasteiger partial charge on any atom is -0.353 e. The average molecular weight is 190 g/mol. The van der Waals surface area contributed by atoms with Gasteiger partial charge in [0.2, 0.25) is 5.96 Å². The van der Waals surface area contributed by atoms with Crippen LogP contribution in [0.15, 0.2) is 11.2 Å². The summed E-state index contributed by atoms with van der Waals surface area (Å²) in [5.41, 5.74) is 2.68. The molecule has 4 nitrogen and oxygen atoms in total. The molecule has 3 rings (SSSR count). The molecule has 1 N–H and O–H groups in total. The number of aromatic nitrogens is 2. The third-order valence-electron chi connectivity index (χ3n) is 2.86. The number of rotatable bonds is 0. The Bertz CT molecular complexity index is 354. The Morgan fingerprint density at radius 3 is 3.00 bits per heavy atom. The van der Waals surface area contributed by atoms with Crippen LogP contribution in [-0.4, -0.2) is 28.8 Å². The summed E-state index contributed by atoms with van der Waals surface area (Å²) in [6, 6.07) is 0. The van der Waals surface area contributed by atoms with Crippen LogP contribution in [0.4, 0.5) is 0 Å². The fraction of sp³-hybridized carbons (Fsp3) is 0.600. The molecule has 0 fully saturated rings. The molecule has 0 atom stereocenters. The Morgan fingerprint density at radius 1 is 1.29 bits per heavy atom. The highest BCUT2D eigenvalue weighted by Crippen LogP contribution is 2.19. The highest BCUT2D eigenvalue weighted by Gasteiger charge is 2.16. The molecule has 0 spiro atoms. The number of aryl methyl sites for hydroxylation is 2. The van der Waals surface area contributed by atoms with Crippen LogP contribution in [0.25, 0.3) is 0 Å². The molecule has 74 valence electrons. The second kappa shape index (κ2) is 3.12. The minimum atomic E-state index is 0.875. The van der Waals surface area contributed by atoms with Gasteiger partial charge >= 0.3 is 0 Å². The van der Waals surface area contributed by atoms with Crippen molar-refractivity contribution < 1.29 is 0 Å². The molecule has 2 heterocycles. The maximum absolute atomic E-state index is 4.56. The Balaban J connectivity index is 1.95. The highest BCUT2D eigenvalue weighted by atomic mass is 15.4. The summed E-state index contributed by atoms with van der Waals surface area (Å²) in [5, 5.41) is 7.79. The molecule has 0 unspecified atom stereocenters. The quantitative estimate of drug-likeness (QED) is 0.650. The van der Waals surface area contributed by atoms with Crippen molar-refractivity contribution in [2.24, 2.45) is 4.99 Å². The lowest BCUT2D eigenvalue weighted by molar-refractivity contribution is 0.672. The van der Waals surface area contributed by atoms with Crippen LogP contribution in [0.1, 0.15) is 24.1 Å². The molecule has 1 aromatic rings. The van der Waals surface area contributed by atoms with Gasteiger partial charge in [0.15, 0.2) is 0 Å². The van der Waals surface area contributed by atoms with Crippen LogP contribution in [0.3, 0.4) is 0 Å². The zero-order valence-electron chi connectivity index (χ0n) is 8.16. The van der Waals surface area contributed by atoms with Gasteiger partial charge in [0.25, 0.3) is 0 Å². The van der Waals surface area contributed by atoms with E-state index in [1.165, 1.54) is 30.5 Å². The second-order valence-corrected chi connectivity index (χ2v) is 3.88. The van der Waals surface area contributed by atoms with Crippen LogP contribution in [0.2, 0.25) is 0 Å². The first-order chi connectivity index (χ1) is 6.93. The molecule has 0 amide bonds. The summed E-state index contributed by atoms with van der Waals surface area (Å²) in [6.45, 7) is 1.82. The second-order valence-electron chi connectivity index (χ2n) is 3.88. The van der Waals surface area contributed by atoms with Gasteiger partial charge in [-0.2, -0.15) is 5.10 Å². The Kier molecular flexibility index (Phi) is 1.79. The maximum Gasteiger partial charge on any atom is 0.219 e. The Labute approximate surface area is 83.0 Å². The van der Waals surface area contributed by atoms with Crippen molar-refractivity contribution in [2.45, 2.75) is 25.7 Å². The molecule has 0 saturated carbocycles. The molecule has 4 heteroatoms. The summed E-state index contributed by atoms with van der Waals surface area (Å²) in [4.78, 5) is 4.36. The smallest absolute Gasteiger partial charge is 0.219 e. The normalized spacial score (nSPS) is 20.1. The van der Waals surface area contributed by atoms with Crippen molar-refractivity contribution in [2.75, 3.05) is 13.1 Å². The van der Waals surface area contributed by atoms with Gasteiger partial charge in [-0.25, -0.2) is 9.67 Å². The third-order valence-corrected chi connectivity index (χ3v) is 2.86. The van der Waals surface area contributed by atoms with Gasteiger partial charge < -0.3 is 5.32 Å². The highest BCUT2D eigenvalue weighted by molar-refractivity contribution is 5.82. The minimum absolute atomic E-state index is 0.875. The molecule has 1 aliphatic carbocycles. The topological polar surface area (TPSA) is 42.2 Å². The van der Waals surface area contributed by atoms with Crippen LogP contribution < -0.4 is 5.32 Å². The molecule has 0 aromatic carbocycles. The van der Waals surface area contributed by atoms with Gasteiger partial charge in [-0.05, 0) is 31.2 Å². The zero-order chi connectivity index (χ0) is 9.38. The van der Waals surface area contributed by atoms with Crippen molar-refractivity contribution in [3.05, 3.63) is 17.5 Å². The molecule has 0 radical (unpaired) electrons. The van der Waals surface area contributed by atoms with Crippen molar-refractivity contribution in [1.82, 2.24) is 15.1 Å². The monoisotopic (exact) mass is 190 g/mol. The average Bonchev–Trinajstić information content (AvgIpc) is 2.86. The summed E-state index contributed by atoms with van der Waals surface area (Å²) in [6.07, 6.45) is 7.03. The first kappa shape index (κ1) is 8.03. The van der Waals surface area contributed by atoms with Crippen molar-refractivity contribution >= 4 is 5.96 Å². The molecule has 0 saturated heterocycles. The lowest BCUT2D eigenvalue weighted by atomic mass is 9.99. The lowest BCUT2D eigenvalue weighted by Gasteiger charge is -2.06. The SMILES string of the molecule is c1c2c(nn1C1=NCCN1)CCCC2. The van der Waals surface area contributed by atoms with Gasteiger partial charge in [-0.1, -0.05) is 0 Å². The molecule has 1 aliphatic heterocycles. The molecular weight excluding hydrogens is 176 g/mol. The molecule has 1 aromatic heterocycles. The third kappa shape index (κ3) is 1.22. The molecule has 2 aliphatic rings. The molecule has 14 heavy (non-hydrogen) atoms. The number of hydrogen-bond acceptors (Lipinski definition) is 3. The fourth-order valence-electron chi connectivity index (χ4n) is 2.12. The number of nitrogens with one attached hydrogen (secondary N) is 1. The first-order valence-corrected chi connectivity index (χ1v) is 5.29. The predicted octanol–water partition coefficient (Wildman–Crippen LogP) is 0.569. The summed E-state index contributed by atoms with van der Waals surface area (Å²) in [5.74, 6) is 0.916. The summed E-state index contributed by atoms with van der Waals surface area (Å²) < 4.78 is 1.91. The van der Waals surface area contributed by atoms with E-state index in [-0.39, 0.29) is 0 Å².